The molecule has 0 atom stereocenters. The van der Waals surface area contributed by atoms with Gasteiger partial charge in [0.05, 0.1) is 0 Å². The summed E-state index contributed by atoms with van der Waals surface area (Å²) in [4.78, 5) is 27.3. The third-order valence-corrected chi connectivity index (χ3v) is 4.23. The smallest absolute Gasteiger partial charge is 0.323 e. The Morgan fingerprint density at radius 3 is 2.38 bits per heavy atom. The quantitative estimate of drug-likeness (QED) is 0.744. The summed E-state index contributed by atoms with van der Waals surface area (Å²) in [6, 6.07) is 0.159. The summed E-state index contributed by atoms with van der Waals surface area (Å²) in [6.45, 7) is 5.05. The van der Waals surface area contributed by atoms with Gasteiger partial charge in [0.1, 0.15) is 6.54 Å². The summed E-state index contributed by atoms with van der Waals surface area (Å²) in [7, 11) is 0. The van der Waals surface area contributed by atoms with E-state index in [-0.39, 0.29) is 18.6 Å². The van der Waals surface area contributed by atoms with Crippen LogP contribution in [0.1, 0.15) is 39.0 Å². The highest BCUT2D eigenvalue weighted by Crippen LogP contribution is 2.30. The van der Waals surface area contributed by atoms with Gasteiger partial charge in [0.2, 0.25) is 0 Å². The number of nitrogens with zero attached hydrogens (tertiary/aromatic N) is 2. The number of carboxylic acid groups (broad SMARTS) is 1. The summed E-state index contributed by atoms with van der Waals surface area (Å²) in [5.41, 5.74) is 0. The van der Waals surface area contributed by atoms with Gasteiger partial charge in [-0.05, 0) is 51.1 Å². The summed E-state index contributed by atoms with van der Waals surface area (Å²) >= 11 is 0. The first-order chi connectivity index (χ1) is 10.1. The third-order valence-electron chi connectivity index (χ3n) is 4.23. The number of aliphatic carboxylic acids is 1. The van der Waals surface area contributed by atoms with Crippen molar-refractivity contribution in [3.8, 4) is 0 Å². The SMILES string of the molecule is CCCN(C(=O)N(CC(=O)O)CC1CC1)C1CCNCC1. The van der Waals surface area contributed by atoms with Crippen LogP contribution < -0.4 is 5.32 Å². The van der Waals surface area contributed by atoms with Gasteiger partial charge in [-0.2, -0.15) is 0 Å². The van der Waals surface area contributed by atoms with Crippen LogP contribution in [0.2, 0.25) is 0 Å². The predicted molar refractivity (Wildman–Crippen MR) is 80.2 cm³/mol. The molecule has 6 nitrogen and oxygen atoms in total. The van der Waals surface area contributed by atoms with E-state index in [0.29, 0.717) is 19.0 Å². The zero-order valence-electron chi connectivity index (χ0n) is 12.9. The maximum atomic E-state index is 12.8. The minimum Gasteiger partial charge on any atom is -0.480 e. The number of urea groups is 1. The maximum absolute atomic E-state index is 12.8. The molecule has 2 fully saturated rings. The second kappa shape index (κ2) is 7.64. The lowest BCUT2D eigenvalue weighted by Gasteiger charge is -2.37. The van der Waals surface area contributed by atoms with E-state index in [1.165, 1.54) is 4.90 Å². The normalized spacial score (nSPS) is 19.3. The van der Waals surface area contributed by atoms with Gasteiger partial charge in [0.15, 0.2) is 0 Å². The van der Waals surface area contributed by atoms with Crippen molar-refractivity contribution >= 4 is 12.0 Å². The molecule has 0 radical (unpaired) electrons. The topological polar surface area (TPSA) is 72.9 Å². The maximum Gasteiger partial charge on any atom is 0.323 e. The summed E-state index contributed by atoms with van der Waals surface area (Å²) in [5.74, 6) is -0.421. The minimum absolute atomic E-state index is 0.0851. The molecule has 0 spiro atoms. The molecule has 1 heterocycles. The lowest BCUT2D eigenvalue weighted by atomic mass is 10.0. The molecule has 2 amide bonds. The molecule has 1 aliphatic heterocycles. The van der Waals surface area contributed by atoms with E-state index in [4.69, 9.17) is 5.11 Å². The molecule has 1 saturated carbocycles. The van der Waals surface area contributed by atoms with Gasteiger partial charge >= 0.3 is 12.0 Å². The zero-order chi connectivity index (χ0) is 15.2. The average molecular weight is 297 g/mol. The van der Waals surface area contributed by atoms with E-state index >= 15 is 0 Å². The number of amides is 2. The second-order valence-electron chi connectivity index (χ2n) is 6.17. The molecule has 1 saturated heterocycles. The van der Waals surface area contributed by atoms with Crippen LogP contribution in [0.4, 0.5) is 4.79 Å². The Balaban J connectivity index is 2.02. The molecular formula is C15H27N3O3. The molecule has 0 unspecified atom stereocenters. The lowest BCUT2D eigenvalue weighted by molar-refractivity contribution is -0.137. The van der Waals surface area contributed by atoms with Crippen molar-refractivity contribution in [2.45, 2.75) is 45.1 Å². The molecule has 1 aliphatic carbocycles. The zero-order valence-corrected chi connectivity index (χ0v) is 12.9. The lowest BCUT2D eigenvalue weighted by Crippen LogP contribution is -2.53. The third kappa shape index (κ3) is 4.88. The van der Waals surface area contributed by atoms with Crippen LogP contribution in [0, 0.1) is 5.92 Å². The Kier molecular flexibility index (Phi) is 5.85. The van der Waals surface area contributed by atoms with Crippen LogP contribution in [0.3, 0.4) is 0 Å². The Bertz CT molecular complexity index is 365. The number of rotatable bonds is 7. The highest BCUT2D eigenvalue weighted by molar-refractivity contribution is 5.80. The fourth-order valence-electron chi connectivity index (χ4n) is 2.96. The fraction of sp³-hybridized carbons (Fsp3) is 0.867. The molecule has 0 aromatic heterocycles. The Morgan fingerprint density at radius 2 is 1.86 bits per heavy atom. The van der Waals surface area contributed by atoms with Crippen molar-refractivity contribution in [2.75, 3.05) is 32.7 Å². The standard InChI is InChI=1S/C15H27N3O3/c1-2-9-18(13-5-7-16-8-6-13)15(21)17(11-14(19)20)10-12-3-4-12/h12-13,16H,2-11H2,1H3,(H,19,20). The van der Waals surface area contributed by atoms with Crippen LogP contribution >= 0.6 is 0 Å². The van der Waals surface area contributed by atoms with Crippen molar-refractivity contribution < 1.29 is 14.7 Å². The number of carbonyl (C=O) groups excluding carboxylic acids is 1. The Hall–Kier alpha value is -1.30. The highest BCUT2D eigenvalue weighted by Gasteiger charge is 2.33. The summed E-state index contributed by atoms with van der Waals surface area (Å²) in [5, 5.41) is 12.4. The second-order valence-corrected chi connectivity index (χ2v) is 6.17. The van der Waals surface area contributed by atoms with Crippen LogP contribution in [-0.4, -0.2) is 65.7 Å². The summed E-state index contributed by atoms with van der Waals surface area (Å²) in [6.07, 6.45) is 5.04. The molecule has 2 N–H and O–H groups in total. The first-order valence-corrected chi connectivity index (χ1v) is 8.09. The van der Waals surface area contributed by atoms with Crippen LogP contribution in [-0.2, 0) is 4.79 Å². The number of nitrogens with one attached hydrogen (secondary N) is 1. The van der Waals surface area contributed by atoms with Crippen LogP contribution in [0.25, 0.3) is 0 Å². The van der Waals surface area contributed by atoms with Crippen molar-refractivity contribution in [1.29, 1.82) is 0 Å². The van der Waals surface area contributed by atoms with Gasteiger partial charge in [-0.3, -0.25) is 4.79 Å². The Morgan fingerprint density at radius 1 is 1.19 bits per heavy atom. The number of carboxylic acids is 1. The van der Waals surface area contributed by atoms with Gasteiger partial charge in [0.25, 0.3) is 0 Å². The molecule has 21 heavy (non-hydrogen) atoms. The molecule has 0 aromatic carbocycles. The van der Waals surface area contributed by atoms with Gasteiger partial charge in [-0.15, -0.1) is 0 Å². The molecule has 6 heteroatoms. The van der Waals surface area contributed by atoms with E-state index in [9.17, 15) is 9.59 Å². The van der Waals surface area contributed by atoms with E-state index in [1.54, 1.807) is 0 Å². The molecule has 2 aliphatic rings. The van der Waals surface area contributed by atoms with Gasteiger partial charge in [-0.25, -0.2) is 4.79 Å². The number of carbonyl (C=O) groups is 2. The average Bonchev–Trinajstić information content (AvgIpc) is 3.28. The van der Waals surface area contributed by atoms with Gasteiger partial charge in [-0.1, -0.05) is 6.92 Å². The van der Waals surface area contributed by atoms with E-state index in [0.717, 1.165) is 45.2 Å². The molecule has 0 aromatic rings. The molecule has 2 rings (SSSR count). The monoisotopic (exact) mass is 297 g/mol. The van der Waals surface area contributed by atoms with E-state index < -0.39 is 5.97 Å². The molecule has 120 valence electrons. The van der Waals surface area contributed by atoms with Crippen LogP contribution in [0.5, 0.6) is 0 Å². The highest BCUT2D eigenvalue weighted by atomic mass is 16.4. The fourth-order valence-corrected chi connectivity index (χ4v) is 2.96. The number of hydrogen-bond donors (Lipinski definition) is 2. The van der Waals surface area contributed by atoms with E-state index in [1.807, 2.05) is 4.90 Å². The largest absolute Gasteiger partial charge is 0.480 e. The summed E-state index contributed by atoms with van der Waals surface area (Å²) < 4.78 is 0. The van der Waals surface area contributed by atoms with Crippen molar-refractivity contribution in [1.82, 2.24) is 15.1 Å². The minimum atomic E-state index is -0.925. The number of hydrogen-bond acceptors (Lipinski definition) is 3. The Labute approximate surface area is 126 Å². The molecular weight excluding hydrogens is 270 g/mol. The van der Waals surface area contributed by atoms with Gasteiger partial charge in [0, 0.05) is 19.1 Å². The van der Waals surface area contributed by atoms with Crippen molar-refractivity contribution in [3.63, 3.8) is 0 Å². The van der Waals surface area contributed by atoms with Crippen LogP contribution in [0.15, 0.2) is 0 Å². The van der Waals surface area contributed by atoms with Crippen molar-refractivity contribution in [2.24, 2.45) is 5.92 Å². The van der Waals surface area contributed by atoms with E-state index in [2.05, 4.69) is 12.2 Å². The van der Waals surface area contributed by atoms with Crippen molar-refractivity contribution in [3.05, 3.63) is 0 Å². The molecule has 0 bridgehead atoms. The first-order valence-electron chi connectivity index (χ1n) is 8.09. The van der Waals surface area contributed by atoms with Gasteiger partial charge < -0.3 is 20.2 Å². The number of piperidine rings is 1. The first kappa shape index (κ1) is 16.1. The predicted octanol–water partition coefficient (Wildman–Crippen LogP) is 1.37.